The van der Waals surface area contributed by atoms with Gasteiger partial charge in [-0.25, -0.2) is 4.98 Å². The molecule has 1 heterocycles. The number of carbonyl (C=O) groups excluding carboxylic acids is 1. The van der Waals surface area contributed by atoms with Crippen LogP contribution in [0, 0.1) is 6.92 Å². The highest BCUT2D eigenvalue weighted by atomic mass is 32.2. The summed E-state index contributed by atoms with van der Waals surface area (Å²) in [4.78, 5) is 19.3. The van der Waals surface area contributed by atoms with E-state index >= 15 is 0 Å². The lowest BCUT2D eigenvalue weighted by molar-refractivity contribution is -0.131. The second-order valence-corrected chi connectivity index (χ2v) is 8.23. The van der Waals surface area contributed by atoms with Gasteiger partial charge in [0.05, 0.1) is 5.25 Å². The van der Waals surface area contributed by atoms with E-state index in [-0.39, 0.29) is 11.2 Å². The maximum absolute atomic E-state index is 12.8. The first-order valence-corrected chi connectivity index (χ1v) is 9.98. The summed E-state index contributed by atoms with van der Waals surface area (Å²) in [7, 11) is 1.96. The first kappa shape index (κ1) is 18.1. The lowest BCUT2D eigenvalue weighted by Crippen LogP contribution is -2.42. The Labute approximate surface area is 154 Å². The van der Waals surface area contributed by atoms with Crippen LogP contribution >= 0.6 is 11.8 Å². The molecule has 1 unspecified atom stereocenters. The van der Waals surface area contributed by atoms with E-state index in [0.29, 0.717) is 6.04 Å². The van der Waals surface area contributed by atoms with Gasteiger partial charge in [0, 0.05) is 31.2 Å². The second-order valence-electron chi connectivity index (χ2n) is 6.92. The van der Waals surface area contributed by atoms with E-state index in [1.807, 2.05) is 31.1 Å². The molecule has 2 aromatic rings. The number of aromatic nitrogens is 2. The number of hydrogen-bond acceptors (Lipinski definition) is 3. The van der Waals surface area contributed by atoms with Gasteiger partial charge >= 0.3 is 0 Å². The van der Waals surface area contributed by atoms with Crippen molar-refractivity contribution in [2.45, 2.75) is 62.4 Å². The Balaban J connectivity index is 1.70. The summed E-state index contributed by atoms with van der Waals surface area (Å²) in [5.74, 6) is 0.204. The van der Waals surface area contributed by atoms with Crippen LogP contribution in [0.2, 0.25) is 0 Å². The summed E-state index contributed by atoms with van der Waals surface area (Å²) in [6.07, 6.45) is 9.81. The van der Waals surface area contributed by atoms with Crippen LogP contribution in [0.25, 0.3) is 5.69 Å². The maximum Gasteiger partial charge on any atom is 0.235 e. The van der Waals surface area contributed by atoms with Crippen molar-refractivity contribution >= 4 is 17.7 Å². The van der Waals surface area contributed by atoms with Crippen LogP contribution in [-0.4, -0.2) is 38.7 Å². The Morgan fingerprint density at radius 3 is 2.80 bits per heavy atom. The molecule has 0 spiro atoms. The molecule has 0 radical (unpaired) electrons. The van der Waals surface area contributed by atoms with Crippen molar-refractivity contribution in [2.75, 3.05) is 7.05 Å². The summed E-state index contributed by atoms with van der Waals surface area (Å²) in [6, 6.07) is 8.73. The fourth-order valence-corrected chi connectivity index (χ4v) is 4.48. The Morgan fingerprint density at radius 2 is 2.08 bits per heavy atom. The Kier molecular flexibility index (Phi) is 5.84. The van der Waals surface area contributed by atoms with Crippen LogP contribution in [0.4, 0.5) is 0 Å². The van der Waals surface area contributed by atoms with Crippen molar-refractivity contribution in [1.82, 2.24) is 14.5 Å². The molecule has 1 fully saturated rings. The molecular formula is C20H27N3OS. The topological polar surface area (TPSA) is 38.1 Å². The van der Waals surface area contributed by atoms with Crippen molar-refractivity contribution in [3.8, 4) is 5.69 Å². The number of amides is 1. The number of rotatable bonds is 5. The van der Waals surface area contributed by atoms with Gasteiger partial charge in [-0.15, -0.1) is 0 Å². The number of hydrogen-bond donors (Lipinski definition) is 0. The maximum atomic E-state index is 12.8. The number of imidazole rings is 1. The van der Waals surface area contributed by atoms with Gasteiger partial charge in [0.1, 0.15) is 0 Å². The average Bonchev–Trinajstić information content (AvgIpc) is 3.09. The zero-order valence-electron chi connectivity index (χ0n) is 15.3. The predicted molar refractivity (Wildman–Crippen MR) is 103 cm³/mol. The molecule has 1 amide bonds. The fraction of sp³-hybridized carbons (Fsp3) is 0.500. The number of carbonyl (C=O) groups is 1. The third kappa shape index (κ3) is 4.27. The molecule has 5 heteroatoms. The van der Waals surface area contributed by atoms with E-state index in [9.17, 15) is 4.79 Å². The van der Waals surface area contributed by atoms with Crippen molar-refractivity contribution in [1.29, 1.82) is 0 Å². The molecule has 4 nitrogen and oxygen atoms in total. The summed E-state index contributed by atoms with van der Waals surface area (Å²) in [5.41, 5.74) is 2.29. The first-order valence-electron chi connectivity index (χ1n) is 9.10. The zero-order valence-corrected chi connectivity index (χ0v) is 16.1. The van der Waals surface area contributed by atoms with E-state index < -0.39 is 0 Å². The molecule has 25 heavy (non-hydrogen) atoms. The minimum Gasteiger partial charge on any atom is -0.342 e. The third-order valence-electron chi connectivity index (χ3n) is 4.99. The Bertz CT molecular complexity index is 721. The normalized spacial score (nSPS) is 16.6. The molecule has 0 N–H and O–H groups in total. The smallest absolute Gasteiger partial charge is 0.235 e. The molecule has 0 bridgehead atoms. The van der Waals surface area contributed by atoms with Gasteiger partial charge in [0.25, 0.3) is 0 Å². The van der Waals surface area contributed by atoms with E-state index in [4.69, 9.17) is 0 Å². The highest BCUT2D eigenvalue weighted by Crippen LogP contribution is 2.28. The van der Waals surface area contributed by atoms with E-state index in [2.05, 4.69) is 34.7 Å². The lowest BCUT2D eigenvalue weighted by Gasteiger charge is -2.32. The number of aryl methyl sites for hydroxylation is 1. The van der Waals surface area contributed by atoms with Crippen molar-refractivity contribution < 1.29 is 4.79 Å². The van der Waals surface area contributed by atoms with Crippen LogP contribution in [0.3, 0.4) is 0 Å². The molecule has 0 saturated heterocycles. The molecule has 1 aliphatic carbocycles. The number of nitrogens with zero attached hydrogens (tertiary/aromatic N) is 3. The molecule has 1 aliphatic rings. The quantitative estimate of drug-likeness (QED) is 0.742. The highest BCUT2D eigenvalue weighted by Gasteiger charge is 2.27. The lowest BCUT2D eigenvalue weighted by atomic mass is 9.94. The molecule has 1 aromatic carbocycles. The van der Waals surface area contributed by atoms with Crippen LogP contribution in [-0.2, 0) is 4.79 Å². The van der Waals surface area contributed by atoms with Gasteiger partial charge < -0.3 is 4.90 Å². The molecule has 1 saturated carbocycles. The number of benzene rings is 1. The van der Waals surface area contributed by atoms with Crippen molar-refractivity contribution in [3.63, 3.8) is 0 Å². The summed E-state index contributed by atoms with van der Waals surface area (Å²) in [6.45, 7) is 4.07. The molecule has 134 valence electrons. The summed E-state index contributed by atoms with van der Waals surface area (Å²) in [5, 5.41) is 0.723. The Hall–Kier alpha value is -1.75. The largest absolute Gasteiger partial charge is 0.342 e. The standard InChI is InChI=1S/C20H27N3OS/c1-15-8-7-11-18(14-15)23-13-12-21-20(23)25-16(2)19(24)22(3)17-9-5-4-6-10-17/h7-8,11-14,16-17H,4-6,9-10H2,1-3H3. The van der Waals surface area contributed by atoms with Crippen molar-refractivity contribution in [3.05, 3.63) is 42.2 Å². The number of thioether (sulfide) groups is 1. The van der Waals surface area contributed by atoms with Crippen LogP contribution in [0.1, 0.15) is 44.6 Å². The second kappa shape index (κ2) is 8.09. The van der Waals surface area contributed by atoms with E-state index in [1.54, 1.807) is 6.20 Å². The van der Waals surface area contributed by atoms with E-state index in [1.165, 1.54) is 36.6 Å². The molecular weight excluding hydrogens is 330 g/mol. The monoisotopic (exact) mass is 357 g/mol. The van der Waals surface area contributed by atoms with Gasteiger partial charge in [0.15, 0.2) is 5.16 Å². The summed E-state index contributed by atoms with van der Waals surface area (Å²) < 4.78 is 2.06. The minimum atomic E-state index is -0.141. The van der Waals surface area contributed by atoms with Crippen LogP contribution in [0.15, 0.2) is 41.8 Å². The van der Waals surface area contributed by atoms with Crippen LogP contribution in [0.5, 0.6) is 0 Å². The molecule has 1 atom stereocenters. The fourth-order valence-electron chi connectivity index (χ4n) is 3.49. The highest BCUT2D eigenvalue weighted by molar-refractivity contribution is 8.00. The van der Waals surface area contributed by atoms with Gasteiger partial charge in [-0.1, -0.05) is 43.2 Å². The van der Waals surface area contributed by atoms with Crippen LogP contribution < -0.4 is 0 Å². The van der Waals surface area contributed by atoms with E-state index in [0.717, 1.165) is 23.7 Å². The first-order chi connectivity index (χ1) is 12.1. The van der Waals surface area contributed by atoms with Crippen molar-refractivity contribution in [2.24, 2.45) is 0 Å². The molecule has 0 aliphatic heterocycles. The third-order valence-corrected chi connectivity index (χ3v) is 6.05. The minimum absolute atomic E-state index is 0.141. The van der Waals surface area contributed by atoms with Gasteiger partial charge in [-0.05, 0) is 44.4 Å². The SMILES string of the molecule is Cc1cccc(-n2ccnc2SC(C)C(=O)N(C)C2CCCCC2)c1. The predicted octanol–water partition coefficient (Wildman–Crippen LogP) is 4.45. The summed E-state index contributed by atoms with van der Waals surface area (Å²) >= 11 is 1.54. The average molecular weight is 358 g/mol. The van der Waals surface area contributed by atoms with Gasteiger partial charge in [-0.2, -0.15) is 0 Å². The van der Waals surface area contributed by atoms with Gasteiger partial charge in [-0.3, -0.25) is 9.36 Å². The van der Waals surface area contributed by atoms with Gasteiger partial charge in [0.2, 0.25) is 5.91 Å². The zero-order chi connectivity index (χ0) is 17.8. The Morgan fingerprint density at radius 1 is 1.32 bits per heavy atom. The molecule has 1 aromatic heterocycles. The molecule has 3 rings (SSSR count).